The highest BCUT2D eigenvalue weighted by Gasteiger charge is 2.22. The summed E-state index contributed by atoms with van der Waals surface area (Å²) in [5.41, 5.74) is 1.59. The first-order chi connectivity index (χ1) is 14.5. The monoisotopic (exact) mass is 475 g/mol. The van der Waals surface area contributed by atoms with Gasteiger partial charge >= 0.3 is 0 Å². The summed E-state index contributed by atoms with van der Waals surface area (Å²) in [7, 11) is 2.13. The van der Waals surface area contributed by atoms with Gasteiger partial charge in [-0.2, -0.15) is 0 Å². The molecule has 2 aromatic carbocycles. The van der Waals surface area contributed by atoms with Crippen molar-refractivity contribution in [3.05, 3.63) is 64.4 Å². The largest absolute Gasteiger partial charge is 0.361 e. The molecule has 1 aliphatic heterocycles. The summed E-state index contributed by atoms with van der Waals surface area (Å²) in [5, 5.41) is 4.17. The normalized spacial score (nSPS) is 16.8. The zero-order valence-electron chi connectivity index (χ0n) is 16.7. The van der Waals surface area contributed by atoms with Crippen LogP contribution in [0.5, 0.6) is 0 Å². The fourth-order valence-corrected chi connectivity index (χ4v) is 4.06. The van der Waals surface area contributed by atoms with Gasteiger partial charge in [0.25, 0.3) is 6.43 Å². The molecule has 1 fully saturated rings. The van der Waals surface area contributed by atoms with Crippen LogP contribution >= 0.6 is 15.9 Å². The molecule has 0 saturated carbocycles. The Bertz CT molecular complexity index is 993. The summed E-state index contributed by atoms with van der Waals surface area (Å²) in [6.07, 6.45) is -2.73. The van der Waals surface area contributed by atoms with Gasteiger partial charge < -0.3 is 10.2 Å². The van der Waals surface area contributed by atoms with E-state index in [4.69, 9.17) is 0 Å². The van der Waals surface area contributed by atoms with E-state index in [9.17, 15) is 8.78 Å². The minimum absolute atomic E-state index is 0.0859. The Kier molecular flexibility index (Phi) is 6.55. The highest BCUT2D eigenvalue weighted by molar-refractivity contribution is 9.10. The molecule has 1 N–H and O–H groups in total. The number of nitrogens with zero attached hydrogens (tertiary/aromatic N) is 4. The zero-order valence-corrected chi connectivity index (χ0v) is 18.3. The molecule has 1 saturated heterocycles. The second-order valence-corrected chi connectivity index (χ2v) is 8.52. The number of piperazine rings is 1. The van der Waals surface area contributed by atoms with Crippen molar-refractivity contribution < 1.29 is 8.78 Å². The van der Waals surface area contributed by atoms with Gasteiger partial charge in [0.1, 0.15) is 5.82 Å². The van der Waals surface area contributed by atoms with E-state index in [-0.39, 0.29) is 6.04 Å². The number of halogens is 3. The Morgan fingerprint density at radius 2 is 1.77 bits per heavy atom. The number of alkyl halides is 2. The third-order valence-electron chi connectivity index (χ3n) is 5.42. The molecule has 3 aromatic rings. The van der Waals surface area contributed by atoms with Crippen LogP contribution in [0.2, 0.25) is 0 Å². The number of likely N-dealkylation sites (N-methyl/N-ethyl adjacent to an activating group) is 1. The lowest BCUT2D eigenvalue weighted by Crippen LogP contribution is -2.46. The molecule has 4 rings (SSSR count). The molecule has 8 heteroatoms. The van der Waals surface area contributed by atoms with Crippen molar-refractivity contribution in [3.8, 4) is 0 Å². The first-order valence-corrected chi connectivity index (χ1v) is 10.8. The van der Waals surface area contributed by atoms with Gasteiger partial charge in [0.15, 0.2) is 5.82 Å². The van der Waals surface area contributed by atoms with Gasteiger partial charge in [0.2, 0.25) is 0 Å². The lowest BCUT2D eigenvalue weighted by Gasteiger charge is -2.35. The van der Waals surface area contributed by atoms with Gasteiger partial charge in [-0.05, 0) is 30.8 Å². The summed E-state index contributed by atoms with van der Waals surface area (Å²) in [5.74, 6) is -0.0293. The van der Waals surface area contributed by atoms with Gasteiger partial charge in [0.05, 0.1) is 11.6 Å². The molecule has 0 aliphatic carbocycles. The number of rotatable bonds is 6. The highest BCUT2D eigenvalue weighted by Crippen LogP contribution is 2.30. The highest BCUT2D eigenvalue weighted by atomic mass is 79.9. The molecule has 0 radical (unpaired) electrons. The number of fused-ring (bicyclic) bond motifs is 1. The molecule has 1 aromatic heterocycles. The first kappa shape index (κ1) is 21.1. The molecule has 1 aliphatic rings. The third kappa shape index (κ3) is 4.94. The summed E-state index contributed by atoms with van der Waals surface area (Å²) in [4.78, 5) is 12.9. The third-order valence-corrected chi connectivity index (χ3v) is 5.91. The van der Waals surface area contributed by atoms with Crippen LogP contribution in [-0.2, 0) is 0 Å². The Hall–Kier alpha value is -2.16. The van der Waals surface area contributed by atoms with Crippen molar-refractivity contribution >= 4 is 32.7 Å². The average molecular weight is 476 g/mol. The smallest absolute Gasteiger partial charge is 0.297 e. The lowest BCUT2D eigenvalue weighted by atomic mass is 10.1. The first-order valence-electron chi connectivity index (χ1n) is 9.97. The second kappa shape index (κ2) is 9.32. The lowest BCUT2D eigenvalue weighted by molar-refractivity contribution is 0.141. The Labute approximate surface area is 183 Å². The molecular weight excluding hydrogens is 452 g/mol. The van der Waals surface area contributed by atoms with Crippen molar-refractivity contribution in [2.45, 2.75) is 12.5 Å². The molecule has 1 atom stereocenters. The number of aromatic nitrogens is 2. The summed E-state index contributed by atoms with van der Waals surface area (Å²) in [6, 6.07) is 15.4. The second-order valence-electron chi connectivity index (χ2n) is 7.60. The maximum Gasteiger partial charge on any atom is 0.297 e. The SMILES string of the molecule is CN1CCN(CC(Nc2nc(C(F)F)nc3ccc(Br)cc23)c2ccccc2)CC1. The fourth-order valence-electron chi connectivity index (χ4n) is 3.70. The van der Waals surface area contributed by atoms with Gasteiger partial charge in [-0.25, -0.2) is 18.7 Å². The van der Waals surface area contributed by atoms with Crippen LogP contribution in [0.4, 0.5) is 14.6 Å². The van der Waals surface area contributed by atoms with Gasteiger partial charge in [-0.3, -0.25) is 4.90 Å². The molecule has 1 unspecified atom stereocenters. The molecule has 5 nitrogen and oxygen atoms in total. The number of hydrogen-bond acceptors (Lipinski definition) is 5. The quantitative estimate of drug-likeness (QED) is 0.558. The van der Waals surface area contributed by atoms with Crippen LogP contribution in [0.3, 0.4) is 0 Å². The van der Waals surface area contributed by atoms with Crippen LogP contribution < -0.4 is 5.32 Å². The Morgan fingerprint density at radius 1 is 1.03 bits per heavy atom. The van der Waals surface area contributed by atoms with Crippen molar-refractivity contribution in [3.63, 3.8) is 0 Å². The number of nitrogens with one attached hydrogen (secondary N) is 1. The fraction of sp³-hybridized carbons (Fsp3) is 0.364. The molecule has 158 valence electrons. The molecule has 2 heterocycles. The van der Waals surface area contributed by atoms with E-state index in [1.54, 1.807) is 12.1 Å². The molecular formula is C22H24BrF2N5. The summed E-state index contributed by atoms with van der Waals surface area (Å²) in [6.45, 7) is 4.74. The standard InChI is InChI=1S/C22H24BrF2N5/c1-29-9-11-30(12-10-29)14-19(15-5-3-2-4-6-15)27-21-17-13-16(23)7-8-18(17)26-22(28-21)20(24)25/h2-8,13,19-20H,9-12,14H2,1H3,(H,26,27,28). The topological polar surface area (TPSA) is 44.3 Å². The minimum Gasteiger partial charge on any atom is -0.361 e. The molecule has 0 amide bonds. The summed E-state index contributed by atoms with van der Waals surface area (Å²) < 4.78 is 27.7. The van der Waals surface area contributed by atoms with E-state index in [0.29, 0.717) is 16.7 Å². The van der Waals surface area contributed by atoms with Gasteiger partial charge in [-0.15, -0.1) is 0 Å². The predicted molar refractivity (Wildman–Crippen MR) is 119 cm³/mol. The van der Waals surface area contributed by atoms with Crippen LogP contribution in [0.15, 0.2) is 53.0 Å². The Morgan fingerprint density at radius 3 is 2.47 bits per heavy atom. The zero-order chi connectivity index (χ0) is 21.1. The maximum absolute atomic E-state index is 13.4. The van der Waals surface area contributed by atoms with Crippen LogP contribution in [-0.4, -0.2) is 59.5 Å². The van der Waals surface area contributed by atoms with Crippen LogP contribution in [0.1, 0.15) is 23.9 Å². The molecule has 0 spiro atoms. The Balaban J connectivity index is 1.70. The van der Waals surface area contributed by atoms with E-state index in [2.05, 4.69) is 60.2 Å². The van der Waals surface area contributed by atoms with E-state index in [1.807, 2.05) is 24.3 Å². The van der Waals surface area contributed by atoms with E-state index in [1.165, 1.54) is 0 Å². The molecule has 30 heavy (non-hydrogen) atoms. The van der Waals surface area contributed by atoms with Crippen molar-refractivity contribution in [2.24, 2.45) is 0 Å². The summed E-state index contributed by atoms with van der Waals surface area (Å²) >= 11 is 3.47. The van der Waals surface area contributed by atoms with E-state index < -0.39 is 12.2 Å². The molecule has 0 bridgehead atoms. The number of benzene rings is 2. The van der Waals surface area contributed by atoms with Crippen LogP contribution in [0.25, 0.3) is 10.9 Å². The number of anilines is 1. The van der Waals surface area contributed by atoms with E-state index >= 15 is 0 Å². The minimum atomic E-state index is -2.73. The van der Waals surface area contributed by atoms with E-state index in [0.717, 1.165) is 42.8 Å². The van der Waals surface area contributed by atoms with Crippen molar-refractivity contribution in [1.29, 1.82) is 0 Å². The van der Waals surface area contributed by atoms with Crippen molar-refractivity contribution in [1.82, 2.24) is 19.8 Å². The number of hydrogen-bond donors (Lipinski definition) is 1. The van der Waals surface area contributed by atoms with Gasteiger partial charge in [0, 0.05) is 42.6 Å². The predicted octanol–water partition coefficient (Wildman–Crippen LogP) is 4.73. The maximum atomic E-state index is 13.4. The van der Waals surface area contributed by atoms with Crippen molar-refractivity contribution in [2.75, 3.05) is 45.1 Å². The average Bonchev–Trinajstić information content (AvgIpc) is 2.75. The van der Waals surface area contributed by atoms with Gasteiger partial charge in [-0.1, -0.05) is 46.3 Å². The van der Waals surface area contributed by atoms with Crippen LogP contribution in [0, 0.1) is 0 Å².